The van der Waals surface area contributed by atoms with E-state index in [0.29, 0.717) is 29.2 Å². The molecule has 0 fully saturated rings. The average Bonchev–Trinajstić information content (AvgIpc) is 3.07. The normalized spacial score (nSPS) is 16.8. The highest BCUT2D eigenvalue weighted by Crippen LogP contribution is 2.33. The molecule has 5 nitrogen and oxygen atoms in total. The van der Waals surface area contributed by atoms with Crippen molar-refractivity contribution in [3.63, 3.8) is 0 Å². The number of hydrogen-bond acceptors (Lipinski definition) is 5. The first-order chi connectivity index (χ1) is 11.7. The Labute approximate surface area is 141 Å². The quantitative estimate of drug-likeness (QED) is 0.850. The third-order valence-electron chi connectivity index (χ3n) is 3.78. The number of thioether (sulfide) groups is 1. The Balaban J connectivity index is 1.55. The number of fused-ring (bicyclic) bond motifs is 2. The molecule has 0 aromatic heterocycles. The van der Waals surface area contributed by atoms with E-state index < -0.39 is 0 Å². The number of ether oxygens (including phenoxy) is 2. The second-order valence-corrected chi connectivity index (χ2v) is 6.44. The van der Waals surface area contributed by atoms with E-state index >= 15 is 0 Å². The first-order valence-corrected chi connectivity index (χ1v) is 8.38. The standard InChI is InChI=1S/C17H13FN2O3S/c18-11-2-4-16-12(8-11)13(5-6-24-16)19-20-17(21)10-1-3-14-15(7-10)23-9-22-14/h1-4,7-8H,5-6,9H2,(H,20,21)/b19-13-. The minimum absolute atomic E-state index is 0.155. The summed E-state index contributed by atoms with van der Waals surface area (Å²) in [5.41, 5.74) is 4.38. The smallest absolute Gasteiger partial charge is 0.271 e. The van der Waals surface area contributed by atoms with Crippen molar-refractivity contribution in [2.24, 2.45) is 5.10 Å². The zero-order chi connectivity index (χ0) is 16.5. The Morgan fingerprint density at radius 1 is 1.17 bits per heavy atom. The number of rotatable bonds is 2. The maximum Gasteiger partial charge on any atom is 0.271 e. The summed E-state index contributed by atoms with van der Waals surface area (Å²) in [6.45, 7) is 0.155. The van der Waals surface area contributed by atoms with Crippen molar-refractivity contribution in [2.45, 2.75) is 11.3 Å². The van der Waals surface area contributed by atoms with Gasteiger partial charge in [-0.3, -0.25) is 4.79 Å². The molecule has 2 aromatic carbocycles. The van der Waals surface area contributed by atoms with Crippen LogP contribution in [0.3, 0.4) is 0 Å². The van der Waals surface area contributed by atoms with Crippen molar-refractivity contribution in [1.29, 1.82) is 0 Å². The fourth-order valence-corrected chi connectivity index (χ4v) is 3.59. The van der Waals surface area contributed by atoms with Gasteiger partial charge in [0, 0.05) is 28.2 Å². The maximum absolute atomic E-state index is 13.5. The number of hydrazone groups is 1. The largest absolute Gasteiger partial charge is 0.454 e. The molecule has 0 atom stereocenters. The third-order valence-corrected chi connectivity index (χ3v) is 4.85. The Hall–Kier alpha value is -2.54. The van der Waals surface area contributed by atoms with Crippen LogP contribution in [0.5, 0.6) is 11.5 Å². The first kappa shape index (κ1) is 15.0. The summed E-state index contributed by atoms with van der Waals surface area (Å²) in [5.74, 6) is 1.34. The van der Waals surface area contributed by atoms with Gasteiger partial charge in [0.1, 0.15) is 5.82 Å². The summed E-state index contributed by atoms with van der Waals surface area (Å²) in [7, 11) is 0. The van der Waals surface area contributed by atoms with Crippen molar-refractivity contribution in [3.05, 3.63) is 53.3 Å². The summed E-state index contributed by atoms with van der Waals surface area (Å²) in [4.78, 5) is 13.2. The van der Waals surface area contributed by atoms with E-state index in [1.54, 1.807) is 36.0 Å². The van der Waals surface area contributed by atoms with Gasteiger partial charge in [0.05, 0.1) is 5.71 Å². The van der Waals surface area contributed by atoms with Crippen LogP contribution in [0, 0.1) is 5.82 Å². The highest BCUT2D eigenvalue weighted by molar-refractivity contribution is 7.99. The number of carbonyl (C=O) groups excluding carboxylic acids is 1. The molecule has 0 unspecified atom stereocenters. The number of nitrogens with zero attached hydrogens (tertiary/aromatic N) is 1. The number of nitrogens with one attached hydrogen (secondary N) is 1. The van der Waals surface area contributed by atoms with Gasteiger partial charge in [-0.2, -0.15) is 5.10 Å². The Morgan fingerprint density at radius 2 is 2.04 bits per heavy atom. The van der Waals surface area contributed by atoms with Crippen LogP contribution in [0.2, 0.25) is 0 Å². The van der Waals surface area contributed by atoms with Crippen LogP contribution in [0.1, 0.15) is 22.3 Å². The van der Waals surface area contributed by atoms with E-state index in [2.05, 4.69) is 10.5 Å². The molecule has 1 N–H and O–H groups in total. The predicted octanol–water partition coefficient (Wildman–Crippen LogP) is 3.18. The number of halogens is 1. The molecule has 1 amide bonds. The Bertz CT molecular complexity index is 854. The zero-order valence-electron chi connectivity index (χ0n) is 12.5. The lowest BCUT2D eigenvalue weighted by Crippen LogP contribution is -2.21. The highest BCUT2D eigenvalue weighted by atomic mass is 32.2. The molecule has 0 aliphatic carbocycles. The SMILES string of the molecule is O=C(N/N=C1/CCSc2ccc(F)cc21)c1ccc2c(c1)OCO2. The summed E-state index contributed by atoms with van der Waals surface area (Å²) in [6, 6.07) is 9.57. The molecule has 2 aliphatic heterocycles. The minimum atomic E-state index is -0.350. The molecule has 4 rings (SSSR count). The zero-order valence-corrected chi connectivity index (χ0v) is 13.4. The van der Waals surface area contributed by atoms with Gasteiger partial charge < -0.3 is 9.47 Å². The van der Waals surface area contributed by atoms with Crippen molar-refractivity contribution in [3.8, 4) is 11.5 Å². The van der Waals surface area contributed by atoms with Crippen LogP contribution in [-0.2, 0) is 0 Å². The summed E-state index contributed by atoms with van der Waals surface area (Å²) < 4.78 is 24.0. The molecule has 2 heterocycles. The molecule has 24 heavy (non-hydrogen) atoms. The van der Waals surface area contributed by atoms with E-state index in [-0.39, 0.29) is 18.5 Å². The van der Waals surface area contributed by atoms with Crippen LogP contribution < -0.4 is 14.9 Å². The van der Waals surface area contributed by atoms with Gasteiger partial charge in [-0.05, 0) is 36.4 Å². The van der Waals surface area contributed by atoms with Crippen LogP contribution in [0.4, 0.5) is 4.39 Å². The summed E-state index contributed by atoms with van der Waals surface area (Å²) in [6.07, 6.45) is 0.669. The van der Waals surface area contributed by atoms with E-state index in [4.69, 9.17) is 9.47 Å². The topological polar surface area (TPSA) is 59.9 Å². The van der Waals surface area contributed by atoms with E-state index in [1.807, 2.05) is 0 Å². The molecule has 122 valence electrons. The number of amides is 1. The van der Waals surface area contributed by atoms with Gasteiger partial charge >= 0.3 is 0 Å². The summed E-state index contributed by atoms with van der Waals surface area (Å²) in [5, 5.41) is 4.20. The molecular weight excluding hydrogens is 331 g/mol. The van der Waals surface area contributed by atoms with Crippen LogP contribution in [0.15, 0.2) is 46.4 Å². The fraction of sp³-hybridized carbons (Fsp3) is 0.176. The van der Waals surface area contributed by atoms with Gasteiger partial charge in [0.2, 0.25) is 6.79 Å². The number of benzene rings is 2. The van der Waals surface area contributed by atoms with Crippen LogP contribution in [0.25, 0.3) is 0 Å². The van der Waals surface area contributed by atoms with Crippen molar-refractivity contribution < 1.29 is 18.7 Å². The number of hydrogen-bond donors (Lipinski definition) is 1. The molecule has 0 radical (unpaired) electrons. The number of carbonyl (C=O) groups is 1. The van der Waals surface area contributed by atoms with E-state index in [9.17, 15) is 9.18 Å². The van der Waals surface area contributed by atoms with Crippen molar-refractivity contribution >= 4 is 23.4 Å². The van der Waals surface area contributed by atoms with Gasteiger partial charge in [0.15, 0.2) is 11.5 Å². The van der Waals surface area contributed by atoms with Crippen LogP contribution in [-0.4, -0.2) is 24.2 Å². The minimum Gasteiger partial charge on any atom is -0.454 e. The molecular formula is C17H13FN2O3S. The third kappa shape index (κ3) is 2.82. The maximum atomic E-state index is 13.5. The second kappa shape index (κ2) is 6.16. The van der Waals surface area contributed by atoms with Gasteiger partial charge in [-0.15, -0.1) is 11.8 Å². The highest BCUT2D eigenvalue weighted by Gasteiger charge is 2.19. The molecule has 2 aliphatic rings. The van der Waals surface area contributed by atoms with Crippen molar-refractivity contribution in [1.82, 2.24) is 5.43 Å². The molecule has 0 saturated carbocycles. The first-order valence-electron chi connectivity index (χ1n) is 7.40. The van der Waals surface area contributed by atoms with E-state index in [1.165, 1.54) is 12.1 Å². The van der Waals surface area contributed by atoms with E-state index in [0.717, 1.165) is 16.2 Å². The summed E-state index contributed by atoms with van der Waals surface area (Å²) >= 11 is 1.65. The molecule has 0 bridgehead atoms. The second-order valence-electron chi connectivity index (χ2n) is 5.31. The lowest BCUT2D eigenvalue weighted by Gasteiger charge is -2.17. The van der Waals surface area contributed by atoms with Crippen LogP contribution >= 0.6 is 11.8 Å². The fourth-order valence-electron chi connectivity index (χ4n) is 2.58. The lowest BCUT2D eigenvalue weighted by atomic mass is 10.1. The van der Waals surface area contributed by atoms with Gasteiger partial charge in [-0.25, -0.2) is 9.82 Å². The lowest BCUT2D eigenvalue weighted by molar-refractivity contribution is 0.0954. The Morgan fingerprint density at radius 3 is 2.96 bits per heavy atom. The van der Waals surface area contributed by atoms with Gasteiger partial charge in [0.25, 0.3) is 5.91 Å². The molecule has 7 heteroatoms. The van der Waals surface area contributed by atoms with Crippen molar-refractivity contribution in [2.75, 3.05) is 12.5 Å². The predicted molar refractivity (Wildman–Crippen MR) is 88.3 cm³/mol. The molecule has 2 aromatic rings. The monoisotopic (exact) mass is 344 g/mol. The molecule has 0 saturated heterocycles. The Kier molecular flexibility index (Phi) is 3.86. The molecule has 0 spiro atoms. The van der Waals surface area contributed by atoms with Gasteiger partial charge in [-0.1, -0.05) is 0 Å². The average molecular weight is 344 g/mol.